The minimum atomic E-state index is -0.551. The van der Waals surface area contributed by atoms with Crippen molar-refractivity contribution in [1.82, 2.24) is 0 Å². The van der Waals surface area contributed by atoms with E-state index in [1.165, 1.54) is 12.8 Å². The zero-order valence-corrected chi connectivity index (χ0v) is 11.5. The van der Waals surface area contributed by atoms with Crippen LogP contribution in [0.25, 0.3) is 0 Å². The summed E-state index contributed by atoms with van der Waals surface area (Å²) in [6, 6.07) is 5.02. The second-order valence-electron chi connectivity index (χ2n) is 5.07. The molecule has 102 valence electrons. The Morgan fingerprint density at radius 2 is 1.89 bits per heavy atom. The second kappa shape index (κ2) is 6.41. The summed E-state index contributed by atoms with van der Waals surface area (Å²) in [5.74, 6) is 0.502. The number of halogens is 1. The Bertz CT molecular complexity index is 391. The Morgan fingerprint density at radius 1 is 1.28 bits per heavy atom. The van der Waals surface area contributed by atoms with E-state index in [1.54, 1.807) is 6.07 Å². The largest absolute Gasteiger partial charge is 0.507 e. The fourth-order valence-electron chi connectivity index (χ4n) is 2.73. The van der Waals surface area contributed by atoms with E-state index >= 15 is 0 Å². The molecule has 2 atom stereocenters. The number of hydrogen-bond donors (Lipinski definition) is 3. The second-order valence-corrected chi connectivity index (χ2v) is 5.07. The lowest BCUT2D eigenvalue weighted by molar-refractivity contribution is 0.0836. The van der Waals surface area contributed by atoms with E-state index in [9.17, 15) is 10.2 Å². The van der Waals surface area contributed by atoms with Crippen molar-refractivity contribution >= 4 is 12.4 Å². The predicted octanol–water partition coefficient (Wildman–Crippen LogP) is 2.67. The highest BCUT2D eigenvalue weighted by molar-refractivity contribution is 5.85. The third-order valence-electron chi connectivity index (χ3n) is 3.88. The molecule has 1 aromatic carbocycles. The van der Waals surface area contributed by atoms with Gasteiger partial charge in [-0.3, -0.25) is 0 Å². The zero-order valence-electron chi connectivity index (χ0n) is 10.7. The van der Waals surface area contributed by atoms with Crippen LogP contribution in [0.4, 0.5) is 0 Å². The maximum absolute atomic E-state index is 10.3. The quantitative estimate of drug-likeness (QED) is 0.792. The molecule has 2 rings (SSSR count). The molecule has 0 radical (unpaired) electrons. The maximum Gasteiger partial charge on any atom is 0.123 e. The average molecular weight is 272 g/mol. The number of para-hydroxylation sites is 1. The molecule has 18 heavy (non-hydrogen) atoms. The number of benzene rings is 1. The van der Waals surface area contributed by atoms with Crippen molar-refractivity contribution in [2.45, 2.75) is 44.8 Å². The van der Waals surface area contributed by atoms with E-state index in [1.807, 2.05) is 19.1 Å². The Morgan fingerprint density at radius 3 is 2.50 bits per heavy atom. The monoisotopic (exact) mass is 271 g/mol. The summed E-state index contributed by atoms with van der Waals surface area (Å²) in [7, 11) is 0. The van der Waals surface area contributed by atoms with Crippen LogP contribution >= 0.6 is 12.4 Å². The molecule has 1 aromatic rings. The molecule has 0 aromatic heterocycles. The Kier molecular flexibility index (Phi) is 5.45. The van der Waals surface area contributed by atoms with Crippen LogP contribution in [0, 0.1) is 12.8 Å². The standard InChI is InChI=1S/C14H21NO2.ClH/c1-9-5-4-8-11(13(9)16)12(15)14(17)10-6-2-3-7-10;/h4-5,8,10,12,14,16-17H,2-3,6-7,15H2,1H3;1H/t12-,14+;/m1./s1. The number of phenolic OH excluding ortho intramolecular Hbond substituents is 1. The zero-order chi connectivity index (χ0) is 12.4. The molecular formula is C14H22ClNO2. The van der Waals surface area contributed by atoms with Crippen LogP contribution in [-0.4, -0.2) is 16.3 Å². The van der Waals surface area contributed by atoms with Crippen molar-refractivity contribution in [2.24, 2.45) is 11.7 Å². The lowest BCUT2D eigenvalue weighted by Crippen LogP contribution is -2.32. The lowest BCUT2D eigenvalue weighted by atomic mass is 9.90. The number of rotatable bonds is 3. The molecule has 0 saturated heterocycles. The van der Waals surface area contributed by atoms with Gasteiger partial charge >= 0.3 is 0 Å². The first-order valence-electron chi connectivity index (χ1n) is 6.33. The molecule has 1 fully saturated rings. The molecule has 4 heteroatoms. The lowest BCUT2D eigenvalue weighted by Gasteiger charge is -2.25. The highest BCUT2D eigenvalue weighted by atomic mass is 35.5. The topological polar surface area (TPSA) is 66.5 Å². The van der Waals surface area contributed by atoms with Crippen molar-refractivity contribution in [2.75, 3.05) is 0 Å². The number of aryl methyl sites for hydroxylation is 1. The highest BCUT2D eigenvalue weighted by Crippen LogP contribution is 2.35. The van der Waals surface area contributed by atoms with Crippen molar-refractivity contribution in [3.05, 3.63) is 29.3 Å². The highest BCUT2D eigenvalue weighted by Gasteiger charge is 2.30. The molecule has 1 saturated carbocycles. The first-order chi connectivity index (χ1) is 8.11. The summed E-state index contributed by atoms with van der Waals surface area (Å²) in [6.07, 6.45) is 3.89. The van der Waals surface area contributed by atoms with Gasteiger partial charge in [0.2, 0.25) is 0 Å². The SMILES string of the molecule is Cc1cccc([C@@H](N)[C@@H](O)C2CCCC2)c1O.Cl. The minimum absolute atomic E-state index is 0. The van der Waals surface area contributed by atoms with Gasteiger partial charge in [0.05, 0.1) is 12.1 Å². The molecule has 0 bridgehead atoms. The van der Waals surface area contributed by atoms with Crippen LogP contribution in [0.15, 0.2) is 18.2 Å². The first kappa shape index (κ1) is 15.3. The molecule has 1 aliphatic carbocycles. The Hall–Kier alpha value is -0.770. The van der Waals surface area contributed by atoms with Crippen LogP contribution in [0.1, 0.15) is 42.9 Å². The van der Waals surface area contributed by atoms with E-state index in [0.717, 1.165) is 18.4 Å². The number of nitrogens with two attached hydrogens (primary N) is 1. The van der Waals surface area contributed by atoms with Crippen LogP contribution < -0.4 is 5.73 Å². The van der Waals surface area contributed by atoms with Crippen molar-refractivity contribution < 1.29 is 10.2 Å². The first-order valence-corrected chi connectivity index (χ1v) is 6.33. The van der Waals surface area contributed by atoms with Crippen LogP contribution in [0.5, 0.6) is 5.75 Å². The van der Waals surface area contributed by atoms with Gasteiger partial charge in [-0.25, -0.2) is 0 Å². The van der Waals surface area contributed by atoms with Crippen LogP contribution in [0.3, 0.4) is 0 Å². The number of aromatic hydroxyl groups is 1. The van der Waals surface area contributed by atoms with Gasteiger partial charge in [-0.1, -0.05) is 31.0 Å². The number of phenols is 1. The third kappa shape index (κ3) is 2.97. The van der Waals surface area contributed by atoms with Gasteiger partial charge < -0.3 is 15.9 Å². The smallest absolute Gasteiger partial charge is 0.123 e. The number of hydrogen-bond acceptors (Lipinski definition) is 3. The molecular weight excluding hydrogens is 250 g/mol. The fraction of sp³-hybridized carbons (Fsp3) is 0.571. The average Bonchev–Trinajstić information content (AvgIpc) is 2.84. The normalized spacial score (nSPS) is 19.3. The van der Waals surface area contributed by atoms with Crippen molar-refractivity contribution in [3.63, 3.8) is 0 Å². The third-order valence-corrected chi connectivity index (χ3v) is 3.88. The van der Waals surface area contributed by atoms with E-state index in [2.05, 4.69) is 0 Å². The summed E-state index contributed by atoms with van der Waals surface area (Å²) >= 11 is 0. The van der Waals surface area contributed by atoms with Gasteiger partial charge in [0.1, 0.15) is 5.75 Å². The molecule has 0 unspecified atom stereocenters. The maximum atomic E-state index is 10.3. The number of aliphatic hydroxyl groups excluding tert-OH is 1. The molecule has 0 spiro atoms. The summed E-state index contributed by atoms with van der Waals surface area (Å²) < 4.78 is 0. The van der Waals surface area contributed by atoms with E-state index in [0.29, 0.717) is 5.56 Å². The Labute approximate surface area is 114 Å². The molecule has 0 amide bonds. The summed E-state index contributed by atoms with van der Waals surface area (Å²) in [5.41, 5.74) is 7.54. The molecule has 1 aliphatic rings. The van der Waals surface area contributed by atoms with Gasteiger partial charge in [0.15, 0.2) is 0 Å². The summed E-state index contributed by atoms with van der Waals surface area (Å²) in [6.45, 7) is 1.84. The van der Waals surface area contributed by atoms with Gasteiger partial charge in [-0.15, -0.1) is 12.4 Å². The van der Waals surface area contributed by atoms with Gasteiger partial charge in [0.25, 0.3) is 0 Å². The van der Waals surface area contributed by atoms with Crippen molar-refractivity contribution in [3.8, 4) is 5.75 Å². The van der Waals surface area contributed by atoms with Gasteiger partial charge in [0, 0.05) is 5.56 Å². The predicted molar refractivity (Wildman–Crippen MR) is 75.0 cm³/mol. The van der Waals surface area contributed by atoms with E-state index in [4.69, 9.17) is 5.73 Å². The fourth-order valence-corrected chi connectivity index (χ4v) is 2.73. The van der Waals surface area contributed by atoms with E-state index in [-0.39, 0.29) is 24.1 Å². The van der Waals surface area contributed by atoms with E-state index < -0.39 is 12.1 Å². The number of aliphatic hydroxyl groups is 1. The molecule has 3 nitrogen and oxygen atoms in total. The minimum Gasteiger partial charge on any atom is -0.507 e. The Balaban J connectivity index is 0.00000162. The van der Waals surface area contributed by atoms with Gasteiger partial charge in [-0.2, -0.15) is 0 Å². The molecule has 4 N–H and O–H groups in total. The molecule has 0 heterocycles. The van der Waals surface area contributed by atoms with Crippen molar-refractivity contribution in [1.29, 1.82) is 0 Å². The van der Waals surface area contributed by atoms with Crippen LogP contribution in [0.2, 0.25) is 0 Å². The van der Waals surface area contributed by atoms with Gasteiger partial charge in [-0.05, 0) is 31.2 Å². The van der Waals surface area contributed by atoms with Crippen LogP contribution in [-0.2, 0) is 0 Å². The molecule has 0 aliphatic heterocycles. The summed E-state index contributed by atoms with van der Waals surface area (Å²) in [4.78, 5) is 0. The summed E-state index contributed by atoms with van der Waals surface area (Å²) in [5, 5.41) is 20.2.